The Morgan fingerprint density at radius 3 is 1.76 bits per heavy atom. The second-order valence-electron chi connectivity index (χ2n) is 3.23. The highest BCUT2D eigenvalue weighted by atomic mass is 32.2. The van der Waals surface area contributed by atoms with Gasteiger partial charge in [-0.1, -0.05) is 0 Å². The SMILES string of the molecule is CC(C(=O)O)S(=O)(=O)N(CC(N)=O)CC(N)=O. The predicted octanol–water partition coefficient (Wildman–Crippen LogP) is -2.94. The molecule has 0 spiro atoms. The summed E-state index contributed by atoms with van der Waals surface area (Å²) in [6.07, 6.45) is 0. The Balaban J connectivity index is 5.21. The number of aliphatic carboxylic acids is 1. The number of nitrogens with two attached hydrogens (primary N) is 2. The number of carbonyl (C=O) groups excluding carboxylic acids is 2. The topological polar surface area (TPSA) is 161 Å². The number of hydrogen-bond donors (Lipinski definition) is 3. The lowest BCUT2D eigenvalue weighted by Crippen LogP contribution is -2.48. The van der Waals surface area contributed by atoms with Crippen molar-refractivity contribution in [3.63, 3.8) is 0 Å². The van der Waals surface area contributed by atoms with Crippen molar-refractivity contribution in [1.82, 2.24) is 4.31 Å². The van der Waals surface area contributed by atoms with Crippen LogP contribution in [0.15, 0.2) is 0 Å². The Bertz CT molecular complexity index is 415. The maximum atomic E-state index is 11.7. The summed E-state index contributed by atoms with van der Waals surface area (Å²) in [5, 5.41) is 6.79. The van der Waals surface area contributed by atoms with Crippen LogP contribution in [0.2, 0.25) is 0 Å². The Morgan fingerprint density at radius 1 is 1.18 bits per heavy atom. The van der Waals surface area contributed by atoms with Crippen LogP contribution in [0.25, 0.3) is 0 Å². The molecule has 0 saturated carbocycles. The van der Waals surface area contributed by atoms with E-state index >= 15 is 0 Å². The van der Waals surface area contributed by atoms with Gasteiger partial charge in [-0.3, -0.25) is 14.4 Å². The number of carboxylic acids is 1. The molecule has 0 radical (unpaired) electrons. The summed E-state index contributed by atoms with van der Waals surface area (Å²) in [4.78, 5) is 31.9. The minimum atomic E-state index is -4.36. The average molecular weight is 267 g/mol. The lowest BCUT2D eigenvalue weighted by molar-refractivity contribution is -0.136. The summed E-state index contributed by atoms with van der Waals surface area (Å²) in [5.41, 5.74) is 9.59. The summed E-state index contributed by atoms with van der Waals surface area (Å²) >= 11 is 0. The summed E-state index contributed by atoms with van der Waals surface area (Å²) < 4.78 is 23.7. The van der Waals surface area contributed by atoms with Gasteiger partial charge in [0.05, 0.1) is 13.1 Å². The standard InChI is InChI=1S/C7H13N3O6S/c1-4(7(13)14)17(15,16)10(2-5(8)11)3-6(9)12/h4H,2-3H2,1H3,(H2,8,11)(H2,9,12)(H,13,14). The maximum Gasteiger partial charge on any atom is 0.323 e. The fourth-order valence-electron chi connectivity index (χ4n) is 0.934. The molecule has 0 aromatic carbocycles. The van der Waals surface area contributed by atoms with Crippen LogP contribution in [0.3, 0.4) is 0 Å². The second-order valence-corrected chi connectivity index (χ2v) is 5.48. The molecule has 9 nitrogen and oxygen atoms in total. The number of hydrogen-bond acceptors (Lipinski definition) is 5. The monoisotopic (exact) mass is 267 g/mol. The van der Waals surface area contributed by atoms with Crippen molar-refractivity contribution in [3.8, 4) is 0 Å². The molecule has 0 saturated heterocycles. The zero-order valence-corrected chi connectivity index (χ0v) is 9.81. The molecule has 0 aliphatic rings. The molecule has 2 amide bonds. The normalized spacial score (nSPS) is 13.3. The minimum absolute atomic E-state index is 0.344. The van der Waals surface area contributed by atoms with Crippen LogP contribution in [0.4, 0.5) is 0 Å². The number of carboxylic acid groups (broad SMARTS) is 1. The molecular formula is C7H13N3O6S. The molecule has 0 bridgehead atoms. The minimum Gasteiger partial charge on any atom is -0.480 e. The third kappa shape index (κ3) is 4.36. The van der Waals surface area contributed by atoms with Gasteiger partial charge in [-0.25, -0.2) is 8.42 Å². The van der Waals surface area contributed by atoms with Crippen LogP contribution in [0.1, 0.15) is 6.92 Å². The summed E-state index contributed by atoms with van der Waals surface area (Å²) in [6, 6.07) is 0. The lowest BCUT2D eigenvalue weighted by atomic mass is 10.5. The van der Waals surface area contributed by atoms with Crippen molar-refractivity contribution < 1.29 is 27.9 Å². The van der Waals surface area contributed by atoms with Crippen molar-refractivity contribution in [2.45, 2.75) is 12.2 Å². The Kier molecular flexibility index (Phi) is 5.04. The third-order valence-corrected chi connectivity index (χ3v) is 3.89. The molecule has 0 aliphatic carbocycles. The molecule has 1 atom stereocenters. The molecule has 1 unspecified atom stereocenters. The quantitative estimate of drug-likeness (QED) is 0.447. The molecular weight excluding hydrogens is 254 g/mol. The first-order chi connectivity index (χ1) is 7.59. The number of amides is 2. The number of nitrogens with zero attached hydrogens (tertiary/aromatic N) is 1. The molecule has 0 aliphatic heterocycles. The molecule has 10 heteroatoms. The Morgan fingerprint density at radius 2 is 1.53 bits per heavy atom. The van der Waals surface area contributed by atoms with Gasteiger partial charge in [-0.2, -0.15) is 4.31 Å². The van der Waals surface area contributed by atoms with Gasteiger partial charge < -0.3 is 16.6 Å². The van der Waals surface area contributed by atoms with Crippen molar-refractivity contribution in [1.29, 1.82) is 0 Å². The van der Waals surface area contributed by atoms with E-state index in [1.165, 1.54) is 0 Å². The van der Waals surface area contributed by atoms with Crippen LogP contribution in [-0.4, -0.2) is 54.0 Å². The third-order valence-electron chi connectivity index (χ3n) is 1.82. The van der Waals surface area contributed by atoms with Crippen LogP contribution in [0, 0.1) is 0 Å². The number of primary amides is 2. The van der Waals surface area contributed by atoms with E-state index in [9.17, 15) is 22.8 Å². The van der Waals surface area contributed by atoms with Gasteiger partial charge in [0, 0.05) is 0 Å². The van der Waals surface area contributed by atoms with Crippen molar-refractivity contribution in [2.75, 3.05) is 13.1 Å². The molecule has 0 aromatic rings. The van der Waals surface area contributed by atoms with E-state index in [4.69, 9.17) is 16.6 Å². The van der Waals surface area contributed by atoms with Gasteiger partial charge in [-0.15, -0.1) is 0 Å². The fourth-order valence-corrected chi connectivity index (χ4v) is 2.25. The largest absolute Gasteiger partial charge is 0.480 e. The van der Waals surface area contributed by atoms with Crippen LogP contribution >= 0.6 is 0 Å². The first-order valence-corrected chi connectivity index (χ1v) is 5.87. The highest BCUT2D eigenvalue weighted by Gasteiger charge is 2.35. The number of sulfonamides is 1. The van der Waals surface area contributed by atoms with Gasteiger partial charge in [0.15, 0.2) is 5.25 Å². The van der Waals surface area contributed by atoms with Gasteiger partial charge in [0.1, 0.15) is 0 Å². The summed E-state index contributed by atoms with van der Waals surface area (Å²) in [6.45, 7) is -0.696. The number of carbonyl (C=O) groups is 3. The van der Waals surface area contributed by atoms with Crippen molar-refractivity contribution in [2.24, 2.45) is 11.5 Å². The average Bonchev–Trinajstić information content (AvgIpc) is 2.13. The van der Waals surface area contributed by atoms with E-state index in [0.717, 1.165) is 6.92 Å². The summed E-state index contributed by atoms with van der Waals surface area (Å²) in [5.74, 6) is -3.65. The predicted molar refractivity (Wildman–Crippen MR) is 56.0 cm³/mol. The molecule has 0 aromatic heterocycles. The molecule has 5 N–H and O–H groups in total. The lowest BCUT2D eigenvalue weighted by Gasteiger charge is -2.21. The fraction of sp³-hybridized carbons (Fsp3) is 0.571. The molecule has 0 fully saturated rings. The molecule has 0 rings (SSSR count). The Labute approximate surface area is 97.4 Å². The van der Waals surface area contributed by atoms with Gasteiger partial charge in [0.25, 0.3) is 0 Å². The first kappa shape index (κ1) is 15.3. The Hall–Kier alpha value is -1.68. The van der Waals surface area contributed by atoms with Crippen LogP contribution in [-0.2, 0) is 24.4 Å². The maximum absolute atomic E-state index is 11.7. The van der Waals surface area contributed by atoms with Crippen molar-refractivity contribution >= 4 is 27.8 Å². The van der Waals surface area contributed by atoms with Gasteiger partial charge in [-0.05, 0) is 6.92 Å². The molecule has 0 heterocycles. The van der Waals surface area contributed by atoms with E-state index < -0.39 is 46.1 Å². The van der Waals surface area contributed by atoms with E-state index in [1.807, 2.05) is 0 Å². The zero-order valence-electron chi connectivity index (χ0n) is 8.99. The number of rotatable bonds is 7. The highest BCUT2D eigenvalue weighted by molar-refractivity contribution is 7.90. The molecule has 98 valence electrons. The van der Waals surface area contributed by atoms with E-state index in [2.05, 4.69) is 0 Å². The van der Waals surface area contributed by atoms with Crippen LogP contribution in [0.5, 0.6) is 0 Å². The summed E-state index contributed by atoms with van der Waals surface area (Å²) in [7, 11) is -4.36. The van der Waals surface area contributed by atoms with E-state index in [0.29, 0.717) is 4.31 Å². The van der Waals surface area contributed by atoms with Gasteiger partial charge >= 0.3 is 5.97 Å². The van der Waals surface area contributed by atoms with E-state index in [-0.39, 0.29) is 0 Å². The molecule has 17 heavy (non-hydrogen) atoms. The highest BCUT2D eigenvalue weighted by Crippen LogP contribution is 2.08. The zero-order chi connectivity index (χ0) is 13.8. The van der Waals surface area contributed by atoms with E-state index in [1.54, 1.807) is 0 Å². The van der Waals surface area contributed by atoms with Crippen molar-refractivity contribution in [3.05, 3.63) is 0 Å². The van der Waals surface area contributed by atoms with Crippen LogP contribution < -0.4 is 11.5 Å². The van der Waals surface area contributed by atoms with Gasteiger partial charge in [0.2, 0.25) is 21.8 Å². The first-order valence-electron chi connectivity index (χ1n) is 4.37. The smallest absolute Gasteiger partial charge is 0.323 e. The second kappa shape index (κ2) is 5.59.